The van der Waals surface area contributed by atoms with Crippen molar-refractivity contribution in [3.8, 4) is 0 Å². The molecule has 144 valence electrons. The number of thiophene rings is 1. The number of furan rings is 1. The monoisotopic (exact) mass is 387 g/mol. The van der Waals surface area contributed by atoms with E-state index in [-0.39, 0.29) is 17.6 Å². The van der Waals surface area contributed by atoms with Gasteiger partial charge in [0.2, 0.25) is 0 Å². The van der Waals surface area contributed by atoms with Crippen LogP contribution in [0.4, 0.5) is 5.00 Å². The highest BCUT2D eigenvalue weighted by atomic mass is 32.1. The van der Waals surface area contributed by atoms with Crippen LogP contribution in [0.1, 0.15) is 51.1 Å². The lowest BCUT2D eigenvalue weighted by Crippen LogP contribution is -2.48. The van der Waals surface area contributed by atoms with Crippen molar-refractivity contribution in [1.82, 2.24) is 9.80 Å². The normalized spacial score (nSPS) is 17.6. The molecule has 1 fully saturated rings. The molecule has 7 heteroatoms. The molecule has 2 aliphatic rings. The third-order valence-corrected chi connectivity index (χ3v) is 6.67. The molecular formula is C20H25N3O3S. The van der Waals surface area contributed by atoms with Crippen LogP contribution in [0.5, 0.6) is 0 Å². The van der Waals surface area contributed by atoms with E-state index in [1.165, 1.54) is 11.1 Å². The van der Waals surface area contributed by atoms with Crippen molar-refractivity contribution >= 4 is 28.2 Å². The standard InChI is InChI=1S/C20H25N3O3S/c1-2-22-9-11-23(12-10-22)20(25)17-14-6-3-4-8-16(14)27-19(17)21-18(24)15-7-5-13-26-15/h5,7,13H,2-4,6,8-12H2,1H3,(H,21,24). The molecule has 2 aromatic rings. The number of anilines is 1. The fourth-order valence-electron chi connectivity index (χ4n) is 3.88. The summed E-state index contributed by atoms with van der Waals surface area (Å²) in [5.74, 6) is 0.0136. The third-order valence-electron chi connectivity index (χ3n) is 5.46. The van der Waals surface area contributed by atoms with Gasteiger partial charge in [-0.05, 0) is 49.9 Å². The van der Waals surface area contributed by atoms with Gasteiger partial charge in [-0.25, -0.2) is 0 Å². The molecule has 4 rings (SSSR count). The van der Waals surface area contributed by atoms with Crippen molar-refractivity contribution < 1.29 is 14.0 Å². The summed E-state index contributed by atoms with van der Waals surface area (Å²) in [4.78, 5) is 31.4. The molecule has 0 aromatic carbocycles. The van der Waals surface area contributed by atoms with Crippen LogP contribution >= 0.6 is 11.3 Å². The minimum Gasteiger partial charge on any atom is -0.459 e. The van der Waals surface area contributed by atoms with Gasteiger partial charge in [-0.2, -0.15) is 0 Å². The second-order valence-electron chi connectivity index (χ2n) is 7.07. The van der Waals surface area contributed by atoms with Crippen LogP contribution in [0.2, 0.25) is 0 Å². The first-order valence-electron chi connectivity index (χ1n) is 9.68. The van der Waals surface area contributed by atoms with E-state index in [9.17, 15) is 9.59 Å². The minimum atomic E-state index is -0.302. The second kappa shape index (κ2) is 7.86. The number of fused-ring (bicyclic) bond motifs is 1. The minimum absolute atomic E-state index is 0.0555. The summed E-state index contributed by atoms with van der Waals surface area (Å²) in [5, 5.41) is 3.61. The second-order valence-corrected chi connectivity index (χ2v) is 8.18. The van der Waals surface area contributed by atoms with E-state index in [2.05, 4.69) is 17.1 Å². The molecule has 1 N–H and O–H groups in total. The summed E-state index contributed by atoms with van der Waals surface area (Å²) in [5.41, 5.74) is 1.85. The first-order chi connectivity index (χ1) is 13.2. The van der Waals surface area contributed by atoms with Gasteiger partial charge in [0.05, 0.1) is 11.8 Å². The van der Waals surface area contributed by atoms with E-state index in [4.69, 9.17) is 4.42 Å². The first kappa shape index (κ1) is 18.3. The van der Waals surface area contributed by atoms with Gasteiger partial charge >= 0.3 is 0 Å². The van der Waals surface area contributed by atoms with Gasteiger partial charge in [0, 0.05) is 31.1 Å². The maximum atomic E-state index is 13.4. The van der Waals surface area contributed by atoms with Gasteiger partial charge in [-0.15, -0.1) is 11.3 Å². The van der Waals surface area contributed by atoms with Crippen LogP contribution in [0.25, 0.3) is 0 Å². The highest BCUT2D eigenvalue weighted by Gasteiger charge is 2.31. The molecule has 0 saturated carbocycles. The summed E-state index contributed by atoms with van der Waals surface area (Å²) in [7, 11) is 0. The van der Waals surface area contributed by atoms with Crippen LogP contribution < -0.4 is 5.32 Å². The number of carbonyl (C=O) groups is 2. The molecular weight excluding hydrogens is 362 g/mol. The van der Waals surface area contributed by atoms with Gasteiger partial charge in [0.15, 0.2) is 5.76 Å². The van der Waals surface area contributed by atoms with Gasteiger partial charge in [-0.3, -0.25) is 9.59 Å². The van der Waals surface area contributed by atoms with E-state index >= 15 is 0 Å². The van der Waals surface area contributed by atoms with Gasteiger partial charge in [0.1, 0.15) is 5.00 Å². The van der Waals surface area contributed by atoms with Crippen molar-refractivity contribution in [2.24, 2.45) is 0 Å². The zero-order chi connectivity index (χ0) is 18.8. The van der Waals surface area contributed by atoms with Gasteiger partial charge < -0.3 is 19.5 Å². The Hall–Kier alpha value is -2.12. The van der Waals surface area contributed by atoms with E-state index in [1.807, 2.05) is 4.90 Å². The van der Waals surface area contributed by atoms with Crippen LogP contribution in [-0.2, 0) is 12.8 Å². The topological polar surface area (TPSA) is 65.8 Å². The van der Waals surface area contributed by atoms with E-state index < -0.39 is 0 Å². The van der Waals surface area contributed by atoms with Gasteiger partial charge in [-0.1, -0.05) is 6.92 Å². The highest BCUT2D eigenvalue weighted by Crippen LogP contribution is 2.39. The lowest BCUT2D eigenvalue weighted by atomic mass is 9.95. The Morgan fingerprint density at radius 3 is 2.67 bits per heavy atom. The zero-order valence-electron chi connectivity index (χ0n) is 15.6. The van der Waals surface area contributed by atoms with E-state index in [0.717, 1.165) is 64.0 Å². The van der Waals surface area contributed by atoms with Crippen molar-refractivity contribution in [1.29, 1.82) is 0 Å². The molecule has 1 aliphatic carbocycles. The molecule has 27 heavy (non-hydrogen) atoms. The zero-order valence-corrected chi connectivity index (χ0v) is 16.4. The Bertz CT molecular complexity index is 820. The van der Waals surface area contributed by atoms with E-state index in [0.29, 0.717) is 10.6 Å². The molecule has 6 nitrogen and oxygen atoms in total. The van der Waals surface area contributed by atoms with Crippen LogP contribution in [0.15, 0.2) is 22.8 Å². The summed E-state index contributed by atoms with van der Waals surface area (Å²) in [6.45, 7) is 6.45. The lowest BCUT2D eigenvalue weighted by molar-refractivity contribution is 0.0643. The number of rotatable bonds is 4. The molecule has 1 aliphatic heterocycles. The Kier molecular flexibility index (Phi) is 5.31. The number of hydrogen-bond acceptors (Lipinski definition) is 5. The molecule has 2 amide bonds. The Labute approximate surface area is 163 Å². The van der Waals surface area contributed by atoms with E-state index in [1.54, 1.807) is 23.5 Å². The predicted octanol–water partition coefficient (Wildman–Crippen LogP) is 3.25. The third kappa shape index (κ3) is 3.66. The number of nitrogens with zero attached hydrogens (tertiary/aromatic N) is 2. The van der Waals surface area contributed by atoms with Crippen molar-refractivity contribution in [3.63, 3.8) is 0 Å². The summed E-state index contributed by atoms with van der Waals surface area (Å²) in [6, 6.07) is 3.32. The first-order valence-corrected chi connectivity index (χ1v) is 10.5. The molecule has 0 radical (unpaired) electrons. The van der Waals surface area contributed by atoms with Crippen LogP contribution in [0, 0.1) is 0 Å². The van der Waals surface area contributed by atoms with Crippen LogP contribution in [0.3, 0.4) is 0 Å². The molecule has 0 spiro atoms. The predicted molar refractivity (Wildman–Crippen MR) is 106 cm³/mol. The largest absolute Gasteiger partial charge is 0.459 e. The van der Waals surface area contributed by atoms with Crippen molar-refractivity contribution in [2.45, 2.75) is 32.6 Å². The Morgan fingerprint density at radius 2 is 1.96 bits per heavy atom. The molecule has 3 heterocycles. The van der Waals surface area contributed by atoms with Crippen molar-refractivity contribution in [2.75, 3.05) is 38.0 Å². The van der Waals surface area contributed by atoms with Gasteiger partial charge in [0.25, 0.3) is 11.8 Å². The molecule has 0 unspecified atom stereocenters. The SMILES string of the molecule is CCN1CCN(C(=O)c2c(NC(=O)c3ccco3)sc3c2CCCC3)CC1. The maximum absolute atomic E-state index is 13.4. The number of nitrogens with one attached hydrogen (secondary N) is 1. The molecule has 0 atom stereocenters. The number of hydrogen-bond donors (Lipinski definition) is 1. The molecule has 2 aromatic heterocycles. The number of amides is 2. The number of likely N-dealkylation sites (N-methyl/N-ethyl adjacent to an activating group) is 1. The number of piperazine rings is 1. The number of aryl methyl sites for hydroxylation is 1. The average Bonchev–Trinajstić information content (AvgIpc) is 3.35. The maximum Gasteiger partial charge on any atom is 0.291 e. The average molecular weight is 388 g/mol. The molecule has 1 saturated heterocycles. The van der Waals surface area contributed by atoms with Crippen molar-refractivity contribution in [3.05, 3.63) is 40.2 Å². The Morgan fingerprint density at radius 1 is 1.19 bits per heavy atom. The van der Waals surface area contributed by atoms with Crippen LogP contribution in [-0.4, -0.2) is 54.3 Å². The quantitative estimate of drug-likeness (QED) is 0.875. The lowest BCUT2D eigenvalue weighted by Gasteiger charge is -2.34. The molecule has 0 bridgehead atoms. The fraction of sp³-hybridized carbons (Fsp3) is 0.500. The summed E-state index contributed by atoms with van der Waals surface area (Å²) < 4.78 is 5.20. The smallest absolute Gasteiger partial charge is 0.291 e. The highest BCUT2D eigenvalue weighted by molar-refractivity contribution is 7.17. The Balaban J connectivity index is 1.61. The summed E-state index contributed by atoms with van der Waals surface area (Å²) >= 11 is 1.55. The fourth-order valence-corrected chi connectivity index (χ4v) is 5.15. The summed E-state index contributed by atoms with van der Waals surface area (Å²) in [6.07, 6.45) is 5.62. The number of carbonyl (C=O) groups excluding carboxylic acids is 2.